The van der Waals surface area contributed by atoms with Gasteiger partial charge in [0, 0.05) is 28.2 Å². The van der Waals surface area contributed by atoms with Gasteiger partial charge in [-0.1, -0.05) is 17.7 Å². The summed E-state index contributed by atoms with van der Waals surface area (Å²) >= 11 is 6.02. The number of rotatable bonds is 6. The molecule has 0 radical (unpaired) electrons. The molecule has 0 aliphatic rings. The molecule has 0 aliphatic heterocycles. The molecule has 1 heterocycles. The van der Waals surface area contributed by atoms with Crippen LogP contribution in [-0.4, -0.2) is 22.5 Å². The number of carbonyl (C=O) groups is 1. The third kappa shape index (κ3) is 5.18. The van der Waals surface area contributed by atoms with Crippen LogP contribution in [0.5, 0.6) is 0 Å². The number of aryl methyl sites for hydroxylation is 1. The van der Waals surface area contributed by atoms with E-state index in [-0.39, 0.29) is 5.97 Å². The highest BCUT2D eigenvalue weighted by molar-refractivity contribution is 6.30. The highest BCUT2D eigenvalue weighted by Crippen LogP contribution is 2.21. The van der Waals surface area contributed by atoms with E-state index in [1.54, 1.807) is 31.2 Å². The Balaban J connectivity index is 1.75. The molecule has 138 valence electrons. The van der Waals surface area contributed by atoms with Crippen molar-refractivity contribution in [1.82, 2.24) is 9.97 Å². The second-order valence-electron chi connectivity index (χ2n) is 5.78. The summed E-state index contributed by atoms with van der Waals surface area (Å²) in [5.74, 6) is 0.752. The number of anilines is 4. The standard InChI is InChI=1S/C20H19ClN4O2/c1-3-27-19(26)14-7-9-16(10-8-14)24-20-22-13(2)11-18(25-20)23-17-6-4-5-15(21)12-17/h4-12H,3H2,1-2H3,(H2,22,23,24,25). The monoisotopic (exact) mass is 382 g/mol. The molecular weight excluding hydrogens is 364 g/mol. The van der Waals surface area contributed by atoms with E-state index in [1.165, 1.54) is 0 Å². The lowest BCUT2D eigenvalue weighted by Gasteiger charge is -2.10. The molecule has 0 spiro atoms. The quantitative estimate of drug-likeness (QED) is 0.577. The van der Waals surface area contributed by atoms with Gasteiger partial charge in [-0.05, 0) is 56.3 Å². The van der Waals surface area contributed by atoms with Gasteiger partial charge in [0.2, 0.25) is 5.95 Å². The van der Waals surface area contributed by atoms with Crippen molar-refractivity contribution in [3.63, 3.8) is 0 Å². The molecule has 27 heavy (non-hydrogen) atoms. The summed E-state index contributed by atoms with van der Waals surface area (Å²) < 4.78 is 4.98. The minimum absolute atomic E-state index is 0.344. The van der Waals surface area contributed by atoms with Crippen molar-refractivity contribution in [1.29, 1.82) is 0 Å². The summed E-state index contributed by atoms with van der Waals surface area (Å²) in [6.45, 7) is 4.01. The van der Waals surface area contributed by atoms with Gasteiger partial charge in [0.1, 0.15) is 5.82 Å². The zero-order chi connectivity index (χ0) is 19.2. The second kappa shape index (κ2) is 8.51. The summed E-state index contributed by atoms with van der Waals surface area (Å²) in [5.41, 5.74) is 2.91. The number of nitrogens with zero attached hydrogens (tertiary/aromatic N) is 2. The summed E-state index contributed by atoms with van der Waals surface area (Å²) in [5, 5.41) is 7.00. The van der Waals surface area contributed by atoms with Gasteiger partial charge in [-0.25, -0.2) is 9.78 Å². The van der Waals surface area contributed by atoms with Crippen LogP contribution in [0.25, 0.3) is 0 Å². The summed E-state index contributed by atoms with van der Waals surface area (Å²) in [6, 6.07) is 16.2. The first-order chi connectivity index (χ1) is 13.0. The molecule has 0 saturated heterocycles. The number of halogens is 1. The number of hydrogen-bond donors (Lipinski definition) is 2. The van der Waals surface area contributed by atoms with Gasteiger partial charge in [-0.3, -0.25) is 0 Å². The first-order valence-corrected chi connectivity index (χ1v) is 8.84. The van der Waals surface area contributed by atoms with Crippen molar-refractivity contribution in [3.8, 4) is 0 Å². The summed E-state index contributed by atoms with van der Waals surface area (Å²) in [6.07, 6.45) is 0. The van der Waals surface area contributed by atoms with Crippen molar-refractivity contribution in [2.24, 2.45) is 0 Å². The van der Waals surface area contributed by atoms with Crippen LogP contribution in [0.15, 0.2) is 54.6 Å². The Morgan fingerprint density at radius 3 is 2.52 bits per heavy atom. The zero-order valence-electron chi connectivity index (χ0n) is 15.0. The van der Waals surface area contributed by atoms with Crippen molar-refractivity contribution in [2.45, 2.75) is 13.8 Å². The largest absolute Gasteiger partial charge is 0.462 e. The Hall–Kier alpha value is -3.12. The molecule has 1 aromatic heterocycles. The normalized spacial score (nSPS) is 10.3. The van der Waals surface area contributed by atoms with E-state index in [0.717, 1.165) is 17.1 Å². The van der Waals surface area contributed by atoms with E-state index in [2.05, 4.69) is 20.6 Å². The lowest BCUT2D eigenvalue weighted by molar-refractivity contribution is 0.0526. The van der Waals surface area contributed by atoms with Crippen LogP contribution in [-0.2, 0) is 4.74 Å². The number of nitrogens with one attached hydrogen (secondary N) is 2. The van der Waals surface area contributed by atoms with Gasteiger partial charge in [0.05, 0.1) is 12.2 Å². The highest BCUT2D eigenvalue weighted by Gasteiger charge is 2.07. The van der Waals surface area contributed by atoms with Gasteiger partial charge >= 0.3 is 5.97 Å². The number of carbonyl (C=O) groups excluding carboxylic acids is 1. The average molecular weight is 383 g/mol. The van der Waals surface area contributed by atoms with Crippen LogP contribution in [0.2, 0.25) is 5.02 Å². The predicted octanol–water partition coefficient (Wildman–Crippen LogP) is 5.10. The number of benzene rings is 2. The second-order valence-corrected chi connectivity index (χ2v) is 6.21. The van der Waals surface area contributed by atoms with Crippen LogP contribution in [0.1, 0.15) is 23.0 Å². The van der Waals surface area contributed by atoms with Gasteiger partial charge in [0.25, 0.3) is 0 Å². The molecule has 0 saturated carbocycles. The SMILES string of the molecule is CCOC(=O)c1ccc(Nc2nc(C)cc(Nc3cccc(Cl)c3)n2)cc1. The molecule has 0 bridgehead atoms. The Labute approximate surface area is 162 Å². The maximum Gasteiger partial charge on any atom is 0.338 e. The van der Waals surface area contributed by atoms with Crippen molar-refractivity contribution < 1.29 is 9.53 Å². The third-order valence-corrected chi connectivity index (χ3v) is 3.84. The number of ether oxygens (including phenoxy) is 1. The molecule has 7 heteroatoms. The molecule has 6 nitrogen and oxygen atoms in total. The fourth-order valence-electron chi connectivity index (χ4n) is 2.44. The summed E-state index contributed by atoms with van der Waals surface area (Å²) in [4.78, 5) is 20.6. The lowest BCUT2D eigenvalue weighted by atomic mass is 10.2. The first-order valence-electron chi connectivity index (χ1n) is 8.46. The Morgan fingerprint density at radius 1 is 1.04 bits per heavy atom. The molecule has 3 rings (SSSR count). The fourth-order valence-corrected chi connectivity index (χ4v) is 2.63. The molecule has 0 aliphatic carbocycles. The third-order valence-electron chi connectivity index (χ3n) is 3.60. The Bertz CT molecular complexity index is 945. The first kappa shape index (κ1) is 18.7. The number of hydrogen-bond acceptors (Lipinski definition) is 6. The van der Waals surface area contributed by atoms with E-state index in [4.69, 9.17) is 16.3 Å². The van der Waals surface area contributed by atoms with E-state index in [1.807, 2.05) is 37.3 Å². The minimum Gasteiger partial charge on any atom is -0.462 e. The molecule has 0 unspecified atom stereocenters. The Kier molecular flexibility index (Phi) is 5.88. The van der Waals surface area contributed by atoms with Crippen LogP contribution < -0.4 is 10.6 Å². The molecule has 0 fully saturated rings. The smallest absolute Gasteiger partial charge is 0.338 e. The van der Waals surface area contributed by atoms with Gasteiger partial charge < -0.3 is 15.4 Å². The number of aromatic nitrogens is 2. The number of esters is 1. The molecular formula is C20H19ClN4O2. The Morgan fingerprint density at radius 2 is 1.81 bits per heavy atom. The van der Waals surface area contributed by atoms with E-state index in [9.17, 15) is 4.79 Å². The fraction of sp³-hybridized carbons (Fsp3) is 0.150. The molecule has 2 aromatic carbocycles. The maximum absolute atomic E-state index is 11.7. The van der Waals surface area contributed by atoms with E-state index < -0.39 is 0 Å². The molecule has 3 aromatic rings. The lowest BCUT2D eigenvalue weighted by Crippen LogP contribution is -2.05. The molecule has 2 N–H and O–H groups in total. The molecule has 0 atom stereocenters. The van der Waals surface area contributed by atoms with Crippen LogP contribution >= 0.6 is 11.6 Å². The van der Waals surface area contributed by atoms with Gasteiger partial charge in [0.15, 0.2) is 0 Å². The van der Waals surface area contributed by atoms with Crippen molar-refractivity contribution in [3.05, 3.63) is 70.9 Å². The zero-order valence-corrected chi connectivity index (χ0v) is 15.7. The predicted molar refractivity (Wildman–Crippen MR) is 107 cm³/mol. The van der Waals surface area contributed by atoms with Gasteiger partial charge in [-0.15, -0.1) is 0 Å². The average Bonchev–Trinajstić information content (AvgIpc) is 2.62. The summed E-state index contributed by atoms with van der Waals surface area (Å²) in [7, 11) is 0. The van der Waals surface area contributed by atoms with Crippen LogP contribution in [0.4, 0.5) is 23.1 Å². The van der Waals surface area contributed by atoms with E-state index in [0.29, 0.717) is 29.0 Å². The van der Waals surface area contributed by atoms with Crippen LogP contribution in [0, 0.1) is 6.92 Å². The van der Waals surface area contributed by atoms with Gasteiger partial charge in [-0.2, -0.15) is 4.98 Å². The highest BCUT2D eigenvalue weighted by atomic mass is 35.5. The topological polar surface area (TPSA) is 76.1 Å². The maximum atomic E-state index is 11.7. The van der Waals surface area contributed by atoms with Crippen molar-refractivity contribution >= 4 is 40.7 Å². The van der Waals surface area contributed by atoms with E-state index >= 15 is 0 Å². The minimum atomic E-state index is -0.344. The van der Waals surface area contributed by atoms with Crippen molar-refractivity contribution in [2.75, 3.05) is 17.2 Å². The van der Waals surface area contributed by atoms with Crippen LogP contribution in [0.3, 0.4) is 0 Å². The molecule has 0 amide bonds.